The molecule has 104 valence electrons. The van der Waals surface area contributed by atoms with Gasteiger partial charge < -0.3 is 9.47 Å². The monoisotopic (exact) mass is 268 g/mol. The fourth-order valence-corrected chi connectivity index (χ4v) is 1.83. The van der Waals surface area contributed by atoms with Crippen molar-refractivity contribution in [2.75, 3.05) is 20.3 Å². The highest BCUT2D eigenvalue weighted by molar-refractivity contribution is 5.69. The lowest BCUT2D eigenvalue weighted by molar-refractivity contribution is 0.172. The van der Waals surface area contributed by atoms with Crippen LogP contribution in [0.5, 0.6) is 5.75 Å². The number of ether oxygens (including phenoxy) is 2. The zero-order valence-electron chi connectivity index (χ0n) is 11.8. The highest BCUT2D eigenvalue weighted by Crippen LogP contribution is 2.14. The Labute approximate surface area is 120 Å². The van der Waals surface area contributed by atoms with Crippen molar-refractivity contribution < 1.29 is 9.47 Å². The van der Waals surface area contributed by atoms with Crippen LogP contribution in [-0.4, -0.2) is 20.3 Å². The zero-order chi connectivity index (χ0) is 14.0. The lowest BCUT2D eigenvalue weighted by Crippen LogP contribution is -2.00. The average molecular weight is 268 g/mol. The zero-order valence-corrected chi connectivity index (χ0v) is 11.8. The van der Waals surface area contributed by atoms with Gasteiger partial charge in [-0.05, 0) is 23.3 Å². The first-order valence-electron chi connectivity index (χ1n) is 6.83. The first kappa shape index (κ1) is 14.4. The van der Waals surface area contributed by atoms with Gasteiger partial charge >= 0.3 is 0 Å². The van der Waals surface area contributed by atoms with E-state index in [9.17, 15) is 0 Å². The van der Waals surface area contributed by atoms with Gasteiger partial charge in [0, 0.05) is 20.1 Å². The summed E-state index contributed by atoms with van der Waals surface area (Å²) >= 11 is 0. The summed E-state index contributed by atoms with van der Waals surface area (Å²) < 4.78 is 10.6. The van der Waals surface area contributed by atoms with Crippen molar-refractivity contribution in [3.8, 4) is 5.75 Å². The van der Waals surface area contributed by atoms with Crippen molar-refractivity contribution in [3.05, 3.63) is 65.7 Å². The number of methoxy groups -OCH3 is 1. The summed E-state index contributed by atoms with van der Waals surface area (Å²) in [6.07, 6.45) is 5.12. The smallest absolute Gasteiger partial charge is 0.119 e. The van der Waals surface area contributed by atoms with Gasteiger partial charge in [-0.15, -0.1) is 0 Å². The van der Waals surface area contributed by atoms with Crippen LogP contribution in [0.2, 0.25) is 0 Å². The summed E-state index contributed by atoms with van der Waals surface area (Å²) in [7, 11) is 1.70. The third-order valence-electron chi connectivity index (χ3n) is 2.91. The Balaban J connectivity index is 1.87. The van der Waals surface area contributed by atoms with Gasteiger partial charge in [0.05, 0.1) is 6.61 Å². The van der Waals surface area contributed by atoms with E-state index in [1.165, 1.54) is 5.56 Å². The SMILES string of the molecule is COCCCOc1ccc(/C=C/c2ccccc2)cc1. The molecule has 20 heavy (non-hydrogen) atoms. The number of rotatable bonds is 7. The van der Waals surface area contributed by atoms with E-state index in [2.05, 4.69) is 36.4 Å². The molecule has 0 heterocycles. The molecule has 0 N–H and O–H groups in total. The van der Waals surface area contributed by atoms with E-state index in [0.717, 1.165) is 24.3 Å². The van der Waals surface area contributed by atoms with Gasteiger partial charge in [0.2, 0.25) is 0 Å². The molecule has 2 nitrogen and oxygen atoms in total. The van der Waals surface area contributed by atoms with Gasteiger partial charge in [0.1, 0.15) is 5.75 Å². The van der Waals surface area contributed by atoms with Gasteiger partial charge in [-0.3, -0.25) is 0 Å². The summed E-state index contributed by atoms with van der Waals surface area (Å²) in [6.45, 7) is 1.42. The standard InChI is InChI=1S/C18H20O2/c1-19-14-5-15-20-18-12-10-17(11-13-18)9-8-16-6-3-2-4-7-16/h2-4,6-13H,5,14-15H2,1H3/b9-8+. The molecule has 0 aliphatic heterocycles. The van der Waals surface area contributed by atoms with Crippen molar-refractivity contribution in [2.45, 2.75) is 6.42 Å². The molecule has 0 radical (unpaired) electrons. The van der Waals surface area contributed by atoms with Crippen LogP contribution in [0.3, 0.4) is 0 Å². The molecular weight excluding hydrogens is 248 g/mol. The second kappa shape index (κ2) is 8.18. The number of hydrogen-bond donors (Lipinski definition) is 0. The van der Waals surface area contributed by atoms with Crippen molar-refractivity contribution in [2.24, 2.45) is 0 Å². The minimum absolute atomic E-state index is 0.688. The molecule has 0 atom stereocenters. The second-order valence-electron chi connectivity index (χ2n) is 4.51. The number of hydrogen-bond acceptors (Lipinski definition) is 2. The Kier molecular flexibility index (Phi) is 5.87. The molecule has 2 heteroatoms. The molecule has 0 fully saturated rings. The van der Waals surface area contributed by atoms with Crippen LogP contribution in [0.15, 0.2) is 54.6 Å². The van der Waals surface area contributed by atoms with E-state index in [0.29, 0.717) is 6.61 Å². The molecule has 0 aliphatic carbocycles. The molecule has 0 aromatic heterocycles. The largest absolute Gasteiger partial charge is 0.494 e. The Morgan fingerprint density at radius 1 is 0.800 bits per heavy atom. The molecule has 0 aliphatic rings. The lowest BCUT2D eigenvalue weighted by Gasteiger charge is -2.05. The predicted molar refractivity (Wildman–Crippen MR) is 83.8 cm³/mol. The first-order valence-corrected chi connectivity index (χ1v) is 6.83. The fourth-order valence-electron chi connectivity index (χ4n) is 1.83. The van der Waals surface area contributed by atoms with Crippen molar-refractivity contribution in [1.82, 2.24) is 0 Å². The lowest BCUT2D eigenvalue weighted by atomic mass is 10.1. The third-order valence-corrected chi connectivity index (χ3v) is 2.91. The van der Waals surface area contributed by atoms with Crippen molar-refractivity contribution >= 4 is 12.2 Å². The summed E-state index contributed by atoms with van der Waals surface area (Å²) in [5, 5.41) is 0. The highest BCUT2D eigenvalue weighted by atomic mass is 16.5. The van der Waals surface area contributed by atoms with Gasteiger partial charge in [-0.25, -0.2) is 0 Å². The molecule has 0 unspecified atom stereocenters. The van der Waals surface area contributed by atoms with E-state index in [1.54, 1.807) is 7.11 Å². The third kappa shape index (κ3) is 4.90. The summed E-state index contributed by atoms with van der Waals surface area (Å²) in [6, 6.07) is 18.4. The molecule has 2 aromatic carbocycles. The van der Waals surface area contributed by atoms with Crippen LogP contribution in [0, 0.1) is 0 Å². The molecular formula is C18H20O2. The second-order valence-corrected chi connectivity index (χ2v) is 4.51. The maximum absolute atomic E-state index is 5.62. The Hall–Kier alpha value is -2.06. The number of benzene rings is 2. The van der Waals surface area contributed by atoms with Gasteiger partial charge in [-0.2, -0.15) is 0 Å². The van der Waals surface area contributed by atoms with Crippen LogP contribution in [0.25, 0.3) is 12.2 Å². The molecule has 0 amide bonds. The Morgan fingerprint density at radius 2 is 1.45 bits per heavy atom. The van der Waals surface area contributed by atoms with Crippen LogP contribution >= 0.6 is 0 Å². The van der Waals surface area contributed by atoms with Crippen molar-refractivity contribution in [1.29, 1.82) is 0 Å². The normalized spacial score (nSPS) is 10.8. The topological polar surface area (TPSA) is 18.5 Å². The summed E-state index contributed by atoms with van der Waals surface area (Å²) in [4.78, 5) is 0. The van der Waals surface area contributed by atoms with Crippen LogP contribution in [0.1, 0.15) is 17.5 Å². The quantitative estimate of drug-likeness (QED) is 0.551. The Morgan fingerprint density at radius 3 is 2.10 bits per heavy atom. The van der Waals surface area contributed by atoms with Crippen LogP contribution in [-0.2, 0) is 4.74 Å². The van der Waals surface area contributed by atoms with Gasteiger partial charge in [0.25, 0.3) is 0 Å². The summed E-state index contributed by atoms with van der Waals surface area (Å²) in [5.41, 5.74) is 2.37. The van der Waals surface area contributed by atoms with Crippen LogP contribution < -0.4 is 4.74 Å². The van der Waals surface area contributed by atoms with E-state index in [4.69, 9.17) is 9.47 Å². The average Bonchev–Trinajstić information content (AvgIpc) is 2.52. The minimum Gasteiger partial charge on any atom is -0.494 e. The Bertz CT molecular complexity index is 515. The van der Waals surface area contributed by atoms with E-state index < -0.39 is 0 Å². The maximum Gasteiger partial charge on any atom is 0.119 e. The molecule has 0 spiro atoms. The molecule has 0 saturated carbocycles. The summed E-state index contributed by atoms with van der Waals surface area (Å²) in [5.74, 6) is 0.901. The highest BCUT2D eigenvalue weighted by Gasteiger charge is 1.94. The van der Waals surface area contributed by atoms with E-state index in [1.807, 2.05) is 30.3 Å². The predicted octanol–water partition coefficient (Wildman–Crippen LogP) is 4.27. The molecule has 0 saturated heterocycles. The molecule has 0 bridgehead atoms. The van der Waals surface area contributed by atoms with Gasteiger partial charge in [0.15, 0.2) is 0 Å². The van der Waals surface area contributed by atoms with Gasteiger partial charge in [-0.1, -0.05) is 54.6 Å². The first-order chi connectivity index (χ1) is 9.88. The van der Waals surface area contributed by atoms with E-state index >= 15 is 0 Å². The molecule has 2 aromatic rings. The minimum atomic E-state index is 0.688. The maximum atomic E-state index is 5.62. The van der Waals surface area contributed by atoms with E-state index in [-0.39, 0.29) is 0 Å². The molecule has 2 rings (SSSR count). The fraction of sp³-hybridized carbons (Fsp3) is 0.222. The van der Waals surface area contributed by atoms with Crippen molar-refractivity contribution in [3.63, 3.8) is 0 Å². The van der Waals surface area contributed by atoms with Crippen LogP contribution in [0.4, 0.5) is 0 Å².